The first-order valence-electron chi connectivity index (χ1n) is 5.33. The van der Waals surface area contributed by atoms with Crippen molar-refractivity contribution in [1.82, 2.24) is 0 Å². The zero-order valence-corrected chi connectivity index (χ0v) is 10.7. The van der Waals surface area contributed by atoms with E-state index in [9.17, 15) is 0 Å². The van der Waals surface area contributed by atoms with E-state index < -0.39 is 0 Å². The number of allylic oxidation sites excluding steroid dienone is 16. The molecule has 0 heterocycles. The van der Waals surface area contributed by atoms with Crippen LogP contribution in [0.25, 0.3) is 0 Å². The second-order valence-corrected chi connectivity index (χ2v) is 3.08. The molecule has 0 fully saturated rings. The van der Waals surface area contributed by atoms with E-state index in [4.69, 9.17) is 0 Å². The second kappa shape index (κ2) is 12.5. The topological polar surface area (TPSA) is 0 Å². The van der Waals surface area contributed by atoms with Gasteiger partial charge in [-0.1, -0.05) is 97.2 Å². The fraction of sp³-hybridized carbons (Fsp3) is 0. The van der Waals surface area contributed by atoms with Crippen molar-refractivity contribution in [2.24, 2.45) is 0 Å². The quantitative estimate of drug-likeness (QED) is 0.567. The van der Waals surface area contributed by atoms with E-state index in [-0.39, 0.29) is 17.1 Å². The second-order valence-electron chi connectivity index (χ2n) is 3.08. The first-order valence-corrected chi connectivity index (χ1v) is 5.33. The Morgan fingerprint density at radius 2 is 0.235 bits per heavy atom. The summed E-state index contributed by atoms with van der Waals surface area (Å²) in [6, 6.07) is 0. The van der Waals surface area contributed by atoms with Crippen molar-refractivity contribution in [3.8, 4) is 0 Å². The van der Waals surface area contributed by atoms with Crippen LogP contribution in [0.5, 0.6) is 0 Å². The summed E-state index contributed by atoms with van der Waals surface area (Å²) in [4.78, 5) is 0. The molecule has 0 N–H and O–H groups in total. The van der Waals surface area contributed by atoms with Crippen molar-refractivity contribution in [3.63, 3.8) is 0 Å². The minimum atomic E-state index is 0. The summed E-state index contributed by atoms with van der Waals surface area (Å²) < 4.78 is 0. The molecule has 0 unspecified atom stereocenters. The van der Waals surface area contributed by atoms with Crippen molar-refractivity contribution in [2.45, 2.75) is 0 Å². The van der Waals surface area contributed by atoms with Gasteiger partial charge in [-0.05, 0) is 0 Å². The number of rotatable bonds is 0. The monoisotopic (exact) mass is 264 g/mol. The van der Waals surface area contributed by atoms with Crippen molar-refractivity contribution in [3.05, 3.63) is 97.2 Å². The van der Waals surface area contributed by atoms with Gasteiger partial charge in [0, 0.05) is 17.1 Å². The zero-order valence-electron chi connectivity index (χ0n) is 9.59. The zero-order chi connectivity index (χ0) is 11.3. The molecular weight excluding hydrogens is 248 g/mol. The van der Waals surface area contributed by atoms with Gasteiger partial charge in [-0.15, -0.1) is 0 Å². The maximum atomic E-state index is 2.00. The van der Waals surface area contributed by atoms with Crippen molar-refractivity contribution < 1.29 is 17.1 Å². The summed E-state index contributed by atoms with van der Waals surface area (Å²) in [5, 5.41) is 0. The van der Waals surface area contributed by atoms with Crippen LogP contribution in [0.3, 0.4) is 0 Å². The van der Waals surface area contributed by atoms with Crippen LogP contribution in [-0.4, -0.2) is 0 Å². The molecule has 0 saturated carbocycles. The smallest absolute Gasteiger partial charge is 0 e. The minimum absolute atomic E-state index is 0. The maximum Gasteiger partial charge on any atom is 0 e. The van der Waals surface area contributed by atoms with E-state index in [1.165, 1.54) is 0 Å². The number of hydrogen-bond acceptors (Lipinski definition) is 0. The molecule has 0 amide bonds. The standard InChI is InChI=1S/2C8H8.Fe/c2*1-2-4-6-8-7-5-3-1;/h2*1-8H;. The van der Waals surface area contributed by atoms with Crippen LogP contribution in [0.1, 0.15) is 0 Å². The maximum absolute atomic E-state index is 2.00. The molecule has 0 aromatic carbocycles. The summed E-state index contributed by atoms with van der Waals surface area (Å²) in [6.45, 7) is 0. The van der Waals surface area contributed by atoms with Crippen LogP contribution >= 0.6 is 0 Å². The van der Waals surface area contributed by atoms with E-state index in [1.807, 2.05) is 97.2 Å². The molecule has 88 valence electrons. The Balaban J connectivity index is 0.000000284. The molecule has 0 nitrogen and oxygen atoms in total. The first-order chi connectivity index (χ1) is 8.00. The van der Waals surface area contributed by atoms with Crippen molar-refractivity contribution >= 4 is 0 Å². The van der Waals surface area contributed by atoms with Gasteiger partial charge in [-0.25, -0.2) is 0 Å². The van der Waals surface area contributed by atoms with Crippen molar-refractivity contribution in [2.75, 3.05) is 0 Å². The summed E-state index contributed by atoms with van der Waals surface area (Å²) in [7, 11) is 0. The molecule has 17 heavy (non-hydrogen) atoms. The van der Waals surface area contributed by atoms with Gasteiger partial charge >= 0.3 is 0 Å². The molecule has 0 aromatic rings. The molecule has 2 rings (SSSR count). The Hall–Kier alpha value is -1.56. The van der Waals surface area contributed by atoms with E-state index in [1.54, 1.807) is 0 Å². The molecule has 2 aliphatic rings. The van der Waals surface area contributed by atoms with E-state index in [2.05, 4.69) is 0 Å². The largest absolute Gasteiger partial charge is 0.0623 e. The van der Waals surface area contributed by atoms with Gasteiger partial charge < -0.3 is 0 Å². The minimum Gasteiger partial charge on any atom is -0.0623 e. The molecule has 0 aromatic heterocycles. The third-order valence-electron chi connectivity index (χ3n) is 1.78. The molecule has 0 spiro atoms. The van der Waals surface area contributed by atoms with Crippen molar-refractivity contribution in [1.29, 1.82) is 0 Å². The normalized spacial score (nSPS) is 15.1. The van der Waals surface area contributed by atoms with Gasteiger partial charge in [0.1, 0.15) is 0 Å². The number of hydrogen-bond donors (Lipinski definition) is 0. The van der Waals surface area contributed by atoms with Gasteiger partial charge in [-0.3, -0.25) is 0 Å². The SMILES string of the molecule is C1=CC=CC=CC=C1.C1=CC=CC=CC=C1.[Fe]. The molecule has 1 heteroatoms. The molecule has 2 aliphatic carbocycles. The summed E-state index contributed by atoms with van der Waals surface area (Å²) in [6.07, 6.45) is 32.0. The molecule has 0 aliphatic heterocycles. The Kier molecular flexibility index (Phi) is 11.4. The van der Waals surface area contributed by atoms with Crippen LogP contribution in [0.4, 0.5) is 0 Å². The molecule has 0 bridgehead atoms. The molecule has 0 saturated heterocycles. The average molecular weight is 264 g/mol. The fourth-order valence-electron chi connectivity index (χ4n) is 1.03. The Bertz CT molecular complexity index is 247. The van der Waals surface area contributed by atoms with Crippen LogP contribution in [0, 0.1) is 0 Å². The van der Waals surface area contributed by atoms with Gasteiger partial charge in [0.25, 0.3) is 0 Å². The molecular formula is C16H16Fe. The van der Waals surface area contributed by atoms with Gasteiger partial charge in [0.2, 0.25) is 0 Å². The van der Waals surface area contributed by atoms with Gasteiger partial charge in [-0.2, -0.15) is 0 Å². The predicted octanol–water partition coefficient (Wildman–Crippen LogP) is 4.45. The van der Waals surface area contributed by atoms with Crippen LogP contribution in [0.15, 0.2) is 97.2 Å². The molecule has 0 atom stereocenters. The van der Waals surface area contributed by atoms with E-state index >= 15 is 0 Å². The van der Waals surface area contributed by atoms with Crippen LogP contribution < -0.4 is 0 Å². The van der Waals surface area contributed by atoms with Gasteiger partial charge in [0.15, 0.2) is 0 Å². The summed E-state index contributed by atoms with van der Waals surface area (Å²) in [5.41, 5.74) is 0. The van der Waals surface area contributed by atoms with E-state index in [0.717, 1.165) is 0 Å². The van der Waals surface area contributed by atoms with Gasteiger partial charge in [0.05, 0.1) is 0 Å². The third kappa shape index (κ3) is 10.7. The first kappa shape index (κ1) is 15.4. The Morgan fingerprint density at radius 1 is 0.176 bits per heavy atom. The Labute approximate surface area is 114 Å². The Morgan fingerprint density at radius 3 is 0.294 bits per heavy atom. The third-order valence-corrected chi connectivity index (χ3v) is 1.78. The van der Waals surface area contributed by atoms with E-state index in [0.29, 0.717) is 0 Å². The molecule has 0 radical (unpaired) electrons. The average Bonchev–Trinajstić information content (AvgIpc) is 2.15. The summed E-state index contributed by atoms with van der Waals surface area (Å²) in [5.74, 6) is 0. The summed E-state index contributed by atoms with van der Waals surface area (Å²) >= 11 is 0. The predicted molar refractivity (Wildman–Crippen MR) is 73.1 cm³/mol. The van der Waals surface area contributed by atoms with Crippen LogP contribution in [-0.2, 0) is 17.1 Å². The fourth-order valence-corrected chi connectivity index (χ4v) is 1.03. The van der Waals surface area contributed by atoms with Crippen LogP contribution in [0.2, 0.25) is 0 Å².